The van der Waals surface area contributed by atoms with Gasteiger partial charge in [-0.2, -0.15) is 0 Å². The van der Waals surface area contributed by atoms with E-state index in [1.165, 1.54) is 25.7 Å². The first-order chi connectivity index (χ1) is 15.7. The summed E-state index contributed by atoms with van der Waals surface area (Å²) in [5, 5.41) is 4.86. The molecule has 0 fully saturated rings. The summed E-state index contributed by atoms with van der Waals surface area (Å²) < 4.78 is 5.89. The molecule has 0 saturated carbocycles. The molecule has 0 saturated heterocycles. The predicted molar refractivity (Wildman–Crippen MR) is 129 cm³/mol. The van der Waals surface area contributed by atoms with Crippen LogP contribution in [-0.2, 0) is 6.54 Å². The molecule has 0 atom stereocenters. The Bertz CT molecular complexity index is 1190. The van der Waals surface area contributed by atoms with E-state index in [2.05, 4.69) is 17.2 Å². The summed E-state index contributed by atoms with van der Waals surface area (Å²) in [4.78, 5) is 22.1. The molecule has 5 heteroatoms. The Labute approximate surface area is 188 Å². The standard InChI is InChI=1S/C27H29N3O2/c1-2-3-4-5-9-18-32-24-17-15-22-13-12-21-14-16-23(29-25(21)26(22)30-24)27(31)28-19-20-10-7-6-8-11-20/h6-8,10-17H,2-5,9,18-19H2,1H3,(H,28,31). The van der Waals surface area contributed by atoms with Crippen LogP contribution in [0.3, 0.4) is 0 Å². The highest BCUT2D eigenvalue weighted by Crippen LogP contribution is 2.25. The van der Waals surface area contributed by atoms with Gasteiger partial charge < -0.3 is 10.1 Å². The fourth-order valence-electron chi connectivity index (χ4n) is 3.71. The molecule has 32 heavy (non-hydrogen) atoms. The summed E-state index contributed by atoms with van der Waals surface area (Å²) in [7, 11) is 0. The Morgan fingerprint density at radius 1 is 0.812 bits per heavy atom. The Morgan fingerprint density at radius 3 is 2.28 bits per heavy atom. The smallest absolute Gasteiger partial charge is 0.270 e. The summed E-state index contributed by atoms with van der Waals surface area (Å²) in [6.07, 6.45) is 5.95. The molecule has 4 rings (SSSR count). The van der Waals surface area contributed by atoms with E-state index < -0.39 is 0 Å². The number of aromatic nitrogens is 2. The number of nitrogens with zero attached hydrogens (tertiary/aromatic N) is 2. The van der Waals surface area contributed by atoms with E-state index >= 15 is 0 Å². The van der Waals surface area contributed by atoms with Crippen molar-refractivity contribution >= 4 is 27.7 Å². The van der Waals surface area contributed by atoms with Crippen LogP contribution in [0.5, 0.6) is 5.88 Å². The number of nitrogens with one attached hydrogen (secondary N) is 1. The van der Waals surface area contributed by atoms with Crippen molar-refractivity contribution in [3.63, 3.8) is 0 Å². The molecule has 164 valence electrons. The van der Waals surface area contributed by atoms with Crippen molar-refractivity contribution in [1.29, 1.82) is 0 Å². The molecule has 0 spiro atoms. The Morgan fingerprint density at radius 2 is 1.50 bits per heavy atom. The van der Waals surface area contributed by atoms with Gasteiger partial charge in [-0.15, -0.1) is 0 Å². The third kappa shape index (κ3) is 5.41. The Balaban J connectivity index is 1.51. The van der Waals surface area contributed by atoms with E-state index in [-0.39, 0.29) is 5.91 Å². The van der Waals surface area contributed by atoms with Gasteiger partial charge in [0.15, 0.2) is 0 Å². The highest BCUT2D eigenvalue weighted by atomic mass is 16.5. The molecule has 4 aromatic rings. The van der Waals surface area contributed by atoms with Crippen molar-refractivity contribution in [2.45, 2.75) is 45.6 Å². The second kappa shape index (κ2) is 10.7. The number of ether oxygens (including phenoxy) is 1. The summed E-state index contributed by atoms with van der Waals surface area (Å²) in [6.45, 7) is 3.34. The molecular weight excluding hydrogens is 398 g/mol. The number of fused-ring (bicyclic) bond motifs is 3. The van der Waals surface area contributed by atoms with Gasteiger partial charge in [0.1, 0.15) is 11.2 Å². The summed E-state index contributed by atoms with van der Waals surface area (Å²) in [5.74, 6) is 0.397. The number of rotatable bonds is 10. The van der Waals surface area contributed by atoms with Gasteiger partial charge in [0, 0.05) is 23.4 Å². The van der Waals surface area contributed by atoms with Crippen molar-refractivity contribution in [2.75, 3.05) is 6.61 Å². The Kier molecular flexibility index (Phi) is 7.28. The number of hydrogen-bond acceptors (Lipinski definition) is 4. The van der Waals surface area contributed by atoms with Gasteiger partial charge in [0.05, 0.1) is 12.1 Å². The molecule has 2 aromatic heterocycles. The molecule has 1 N–H and O–H groups in total. The lowest BCUT2D eigenvalue weighted by molar-refractivity contribution is 0.0946. The van der Waals surface area contributed by atoms with Crippen molar-refractivity contribution in [3.8, 4) is 5.88 Å². The zero-order valence-corrected chi connectivity index (χ0v) is 18.5. The maximum absolute atomic E-state index is 12.7. The zero-order chi connectivity index (χ0) is 22.2. The average molecular weight is 428 g/mol. The van der Waals surface area contributed by atoms with Gasteiger partial charge in [-0.25, -0.2) is 9.97 Å². The lowest BCUT2D eigenvalue weighted by Gasteiger charge is -2.09. The number of carbonyl (C=O) groups is 1. The normalized spacial score (nSPS) is 11.0. The number of carbonyl (C=O) groups excluding carboxylic acids is 1. The molecule has 0 aliphatic carbocycles. The van der Waals surface area contributed by atoms with Crippen LogP contribution in [-0.4, -0.2) is 22.5 Å². The minimum absolute atomic E-state index is 0.202. The number of unbranched alkanes of at least 4 members (excludes halogenated alkanes) is 4. The van der Waals surface area contributed by atoms with Crippen molar-refractivity contribution in [2.24, 2.45) is 0 Å². The van der Waals surface area contributed by atoms with E-state index in [1.807, 2.05) is 60.7 Å². The third-order valence-electron chi connectivity index (χ3n) is 5.52. The topological polar surface area (TPSA) is 64.1 Å². The molecule has 2 heterocycles. The van der Waals surface area contributed by atoms with E-state index in [4.69, 9.17) is 9.72 Å². The summed E-state index contributed by atoms with van der Waals surface area (Å²) >= 11 is 0. The third-order valence-corrected chi connectivity index (χ3v) is 5.52. The van der Waals surface area contributed by atoms with Crippen molar-refractivity contribution < 1.29 is 9.53 Å². The second-order valence-electron chi connectivity index (χ2n) is 7.99. The second-order valence-corrected chi connectivity index (χ2v) is 7.99. The van der Waals surface area contributed by atoms with Crippen LogP contribution in [0, 0.1) is 0 Å². The molecule has 0 aliphatic heterocycles. The van der Waals surface area contributed by atoms with Gasteiger partial charge in [0.2, 0.25) is 5.88 Å². The minimum atomic E-state index is -0.202. The molecule has 0 radical (unpaired) electrons. The first kappa shape index (κ1) is 21.8. The molecule has 5 nitrogen and oxygen atoms in total. The van der Waals surface area contributed by atoms with Crippen LogP contribution in [0.15, 0.2) is 66.7 Å². The van der Waals surface area contributed by atoms with Crippen LogP contribution < -0.4 is 10.1 Å². The molecule has 0 bridgehead atoms. The SMILES string of the molecule is CCCCCCCOc1ccc2ccc3ccc(C(=O)NCc4ccccc4)nc3c2n1. The first-order valence-electron chi connectivity index (χ1n) is 11.4. The van der Waals surface area contributed by atoms with Gasteiger partial charge in [-0.05, 0) is 24.1 Å². The molecule has 1 amide bonds. The van der Waals surface area contributed by atoms with E-state index in [1.54, 1.807) is 6.07 Å². The molecule has 0 unspecified atom stereocenters. The molecule has 2 aromatic carbocycles. The lowest BCUT2D eigenvalue weighted by Crippen LogP contribution is -2.23. The van der Waals surface area contributed by atoms with Crippen LogP contribution in [0.4, 0.5) is 0 Å². The number of benzene rings is 2. The average Bonchev–Trinajstić information content (AvgIpc) is 2.85. The van der Waals surface area contributed by atoms with Crippen LogP contribution in [0.1, 0.15) is 55.1 Å². The van der Waals surface area contributed by atoms with Crippen LogP contribution in [0.2, 0.25) is 0 Å². The predicted octanol–water partition coefficient (Wildman–Crippen LogP) is 6.06. The summed E-state index contributed by atoms with van der Waals surface area (Å²) in [5.41, 5.74) is 2.89. The maximum Gasteiger partial charge on any atom is 0.270 e. The Hall–Kier alpha value is -3.47. The fourth-order valence-corrected chi connectivity index (χ4v) is 3.71. The van der Waals surface area contributed by atoms with Crippen LogP contribution in [0.25, 0.3) is 21.8 Å². The van der Waals surface area contributed by atoms with Crippen molar-refractivity contribution in [1.82, 2.24) is 15.3 Å². The zero-order valence-electron chi connectivity index (χ0n) is 18.5. The van der Waals surface area contributed by atoms with Gasteiger partial charge in [-0.1, -0.05) is 81.1 Å². The van der Waals surface area contributed by atoms with E-state index in [0.717, 1.165) is 28.3 Å². The quantitative estimate of drug-likeness (QED) is 0.247. The highest BCUT2D eigenvalue weighted by Gasteiger charge is 2.11. The first-order valence-corrected chi connectivity index (χ1v) is 11.4. The number of hydrogen-bond donors (Lipinski definition) is 1. The van der Waals surface area contributed by atoms with Gasteiger partial charge >= 0.3 is 0 Å². The lowest BCUT2D eigenvalue weighted by atomic mass is 10.1. The number of amides is 1. The van der Waals surface area contributed by atoms with Crippen molar-refractivity contribution in [3.05, 3.63) is 78.0 Å². The molecular formula is C27H29N3O2. The van der Waals surface area contributed by atoms with Gasteiger partial charge in [-0.3, -0.25) is 4.79 Å². The van der Waals surface area contributed by atoms with Gasteiger partial charge in [0.25, 0.3) is 5.91 Å². The van der Waals surface area contributed by atoms with Crippen LogP contribution >= 0.6 is 0 Å². The number of pyridine rings is 2. The minimum Gasteiger partial charge on any atom is -0.478 e. The molecule has 0 aliphatic rings. The monoisotopic (exact) mass is 427 g/mol. The maximum atomic E-state index is 12.7. The summed E-state index contributed by atoms with van der Waals surface area (Å²) in [6, 6.07) is 21.4. The van der Waals surface area contributed by atoms with E-state index in [9.17, 15) is 4.79 Å². The fraction of sp³-hybridized carbons (Fsp3) is 0.296. The highest BCUT2D eigenvalue weighted by molar-refractivity contribution is 6.04. The largest absolute Gasteiger partial charge is 0.478 e. The van der Waals surface area contributed by atoms with E-state index in [0.29, 0.717) is 30.2 Å².